The van der Waals surface area contributed by atoms with E-state index in [0.717, 1.165) is 4.90 Å². The molecule has 2 heterocycles. The minimum Gasteiger partial charge on any atom is -0.504 e. The van der Waals surface area contributed by atoms with Crippen LogP contribution in [0.3, 0.4) is 0 Å². The molecule has 3 aromatic rings. The molecule has 6 unspecified atom stereocenters. The van der Waals surface area contributed by atoms with Crippen LogP contribution in [0.25, 0.3) is 0 Å². The number of rotatable bonds is 6. The van der Waals surface area contributed by atoms with Gasteiger partial charge >= 0.3 is 0 Å². The van der Waals surface area contributed by atoms with Gasteiger partial charge in [0.05, 0.1) is 24.1 Å². The summed E-state index contributed by atoms with van der Waals surface area (Å²) < 4.78 is 79.0. The van der Waals surface area contributed by atoms with Crippen molar-refractivity contribution in [2.24, 2.45) is 17.8 Å². The Bertz CT molecular complexity index is 2150. The van der Waals surface area contributed by atoms with E-state index >= 15 is 8.78 Å². The monoisotopic (exact) mass is 762 g/mol. The highest BCUT2D eigenvalue weighted by Crippen LogP contribution is 2.66. The van der Waals surface area contributed by atoms with Gasteiger partial charge in [-0.1, -0.05) is 17.7 Å². The van der Waals surface area contributed by atoms with Crippen LogP contribution in [0.15, 0.2) is 54.1 Å². The van der Waals surface area contributed by atoms with Crippen LogP contribution in [0, 0.1) is 46.8 Å². The van der Waals surface area contributed by atoms with Gasteiger partial charge in [-0.05, 0) is 74.6 Å². The summed E-state index contributed by atoms with van der Waals surface area (Å²) in [7, 11) is 0. The van der Waals surface area contributed by atoms with Crippen LogP contribution in [0.2, 0.25) is 0 Å². The molecule has 16 heteroatoms. The molecule has 2 aliphatic carbocycles. The Labute approximate surface area is 301 Å². The first-order valence-electron chi connectivity index (χ1n) is 15.9. The number of aromatic hydroxyl groups is 1. The van der Waals surface area contributed by atoms with E-state index in [1.54, 1.807) is 13.0 Å². The van der Waals surface area contributed by atoms with Crippen molar-refractivity contribution in [3.63, 3.8) is 0 Å². The van der Waals surface area contributed by atoms with Crippen molar-refractivity contribution in [2.45, 2.75) is 42.4 Å². The van der Waals surface area contributed by atoms with Gasteiger partial charge in [-0.3, -0.25) is 28.9 Å². The summed E-state index contributed by atoms with van der Waals surface area (Å²) in [6.45, 7) is 3.02. The fourth-order valence-corrected chi connectivity index (χ4v) is 8.96. The topological polar surface area (TPSA) is 121 Å². The predicted octanol–water partition coefficient (Wildman–Crippen LogP) is 6.46. The molecule has 4 aliphatic rings. The molecule has 0 bridgehead atoms. The molecule has 6 atom stereocenters. The maximum absolute atomic E-state index is 15.3. The number of carbonyl (C=O) groups excluding carboxylic acids is 5. The number of anilines is 2. The summed E-state index contributed by atoms with van der Waals surface area (Å²) in [6.07, 6.45) is 0.808. The fraction of sp³-hybridized carbons (Fsp3) is 0.306. The molecule has 9 nitrogen and oxygen atoms in total. The third-order valence-electron chi connectivity index (χ3n) is 10.4. The Balaban J connectivity index is 1.42. The standard InChI is InChI=1S/C36H25Cl2F5N2O7/c1-3-52-22-12-16(6-11-21(22)47)24-18-9-10-19-23(32(49)44(31(19)48)17-7-4-15(5-8-17)14(2)46)20(18)13-35(37)33(50)45(34(51)36(24,35)38)30-28(42)26(40)25(39)27(41)29(30)43/h4-9,11-12,19-20,23-24,47H,3,10,13H2,1-2H3. The summed E-state index contributed by atoms with van der Waals surface area (Å²) in [4.78, 5) is 63.9. The van der Waals surface area contributed by atoms with Crippen molar-refractivity contribution in [1.82, 2.24) is 0 Å². The molecule has 1 saturated carbocycles. The summed E-state index contributed by atoms with van der Waals surface area (Å²) >= 11 is 14.3. The number of phenolic OH excluding ortho intramolecular Hbond substituents is 1. The number of carbonyl (C=O) groups is 5. The third-order valence-corrected chi connectivity index (χ3v) is 11.8. The first kappa shape index (κ1) is 35.6. The maximum atomic E-state index is 15.3. The zero-order valence-corrected chi connectivity index (χ0v) is 28.5. The van der Waals surface area contributed by atoms with Crippen LogP contribution < -0.4 is 14.5 Å². The first-order chi connectivity index (χ1) is 24.5. The molecule has 3 fully saturated rings. The highest BCUT2D eigenvalue weighted by atomic mass is 35.5. The van der Waals surface area contributed by atoms with Crippen molar-refractivity contribution in [1.29, 1.82) is 0 Å². The number of imide groups is 2. The summed E-state index contributed by atoms with van der Waals surface area (Å²) in [5.41, 5.74) is -1.10. The largest absolute Gasteiger partial charge is 0.504 e. The lowest BCUT2D eigenvalue weighted by atomic mass is 9.56. The van der Waals surface area contributed by atoms with E-state index in [1.807, 2.05) is 0 Å². The molecule has 7 rings (SSSR count). The number of benzene rings is 3. The summed E-state index contributed by atoms with van der Waals surface area (Å²) in [5, 5.41) is 10.5. The lowest BCUT2D eigenvalue weighted by molar-refractivity contribution is -0.125. The number of alkyl halides is 2. The second-order valence-corrected chi connectivity index (χ2v) is 14.2. The van der Waals surface area contributed by atoms with E-state index in [4.69, 9.17) is 27.9 Å². The van der Waals surface area contributed by atoms with E-state index in [-0.39, 0.29) is 52.0 Å². The lowest BCUT2D eigenvalue weighted by Gasteiger charge is -2.50. The number of Topliss-reactive ketones (excluding diaryl/α,β-unsaturated/α-hetero) is 1. The lowest BCUT2D eigenvalue weighted by Crippen LogP contribution is -2.60. The van der Waals surface area contributed by atoms with Gasteiger partial charge < -0.3 is 9.84 Å². The van der Waals surface area contributed by atoms with Crippen molar-refractivity contribution < 1.29 is 55.8 Å². The number of ketones is 1. The number of fused-ring (bicyclic) bond motifs is 4. The van der Waals surface area contributed by atoms with Gasteiger partial charge in [0.2, 0.25) is 17.6 Å². The van der Waals surface area contributed by atoms with Gasteiger partial charge in [-0.15, -0.1) is 23.2 Å². The second kappa shape index (κ2) is 12.1. The van der Waals surface area contributed by atoms with Gasteiger partial charge in [0, 0.05) is 11.5 Å². The zero-order valence-electron chi connectivity index (χ0n) is 27.0. The smallest absolute Gasteiger partial charge is 0.258 e. The third kappa shape index (κ3) is 4.62. The minimum absolute atomic E-state index is 0.0630. The molecule has 2 saturated heterocycles. The van der Waals surface area contributed by atoms with Crippen LogP contribution in [0.4, 0.5) is 33.3 Å². The molecule has 1 N–H and O–H groups in total. The Morgan fingerprint density at radius 3 is 2.08 bits per heavy atom. The normalized spacial score (nSPS) is 28.1. The predicted molar refractivity (Wildman–Crippen MR) is 175 cm³/mol. The molecular weight excluding hydrogens is 738 g/mol. The van der Waals surface area contributed by atoms with E-state index in [9.17, 15) is 42.3 Å². The fourth-order valence-electron chi connectivity index (χ4n) is 8.02. The van der Waals surface area contributed by atoms with Crippen LogP contribution >= 0.6 is 23.2 Å². The number of hydrogen-bond donors (Lipinski definition) is 1. The number of ether oxygens (including phenoxy) is 1. The molecule has 0 aromatic heterocycles. The summed E-state index contributed by atoms with van der Waals surface area (Å²) in [5.74, 6) is -22.5. The van der Waals surface area contributed by atoms with Crippen molar-refractivity contribution in [2.75, 3.05) is 16.4 Å². The van der Waals surface area contributed by atoms with E-state index in [2.05, 4.69) is 0 Å². The average Bonchev–Trinajstić information content (AvgIpc) is 3.45. The molecule has 0 spiro atoms. The Hall–Kier alpha value is -4.82. The number of amides is 4. The van der Waals surface area contributed by atoms with Gasteiger partial charge in [-0.25, -0.2) is 26.9 Å². The first-order valence-corrected chi connectivity index (χ1v) is 16.7. The zero-order chi connectivity index (χ0) is 37.8. The second-order valence-electron chi connectivity index (χ2n) is 13.0. The minimum atomic E-state index is -2.73. The number of phenols is 1. The number of nitrogens with zero attached hydrogens (tertiary/aromatic N) is 2. The van der Waals surface area contributed by atoms with Gasteiger partial charge in [0.15, 0.2) is 50.3 Å². The maximum Gasteiger partial charge on any atom is 0.258 e. The van der Waals surface area contributed by atoms with Gasteiger partial charge in [0.25, 0.3) is 11.8 Å². The van der Waals surface area contributed by atoms with Crippen molar-refractivity contribution in [3.05, 3.63) is 94.3 Å². The SMILES string of the molecule is CCOc1cc(C2C3=CCC4C(=O)N(c5ccc(C(C)=O)cc5)C(=O)C4C3CC3(Cl)C(=O)N(c4c(F)c(F)c(F)c(F)c4F)C(=O)C23Cl)ccc1O. The number of allylic oxidation sites excluding steroid dienone is 2. The molecule has 52 heavy (non-hydrogen) atoms. The highest BCUT2D eigenvalue weighted by Gasteiger charge is 2.77. The van der Waals surface area contributed by atoms with Crippen LogP contribution in [0.1, 0.15) is 48.5 Å². The molecular formula is C36H25Cl2F5N2O7. The number of halogens is 7. The summed E-state index contributed by atoms with van der Waals surface area (Å²) in [6, 6.07) is 9.49. The van der Waals surface area contributed by atoms with E-state index in [1.165, 1.54) is 49.4 Å². The van der Waals surface area contributed by atoms with E-state index < -0.39 is 98.2 Å². The van der Waals surface area contributed by atoms with Crippen LogP contribution in [-0.4, -0.2) is 50.9 Å². The highest BCUT2D eigenvalue weighted by molar-refractivity contribution is 6.58. The van der Waals surface area contributed by atoms with Gasteiger partial charge in [-0.2, -0.15) is 0 Å². The Morgan fingerprint density at radius 1 is 0.865 bits per heavy atom. The van der Waals surface area contributed by atoms with Crippen LogP contribution in [0.5, 0.6) is 11.5 Å². The van der Waals surface area contributed by atoms with Crippen molar-refractivity contribution in [3.8, 4) is 11.5 Å². The Morgan fingerprint density at radius 2 is 1.48 bits per heavy atom. The molecule has 2 aliphatic heterocycles. The quantitative estimate of drug-likeness (QED) is 0.0583. The molecule has 0 radical (unpaired) electrons. The van der Waals surface area contributed by atoms with Crippen LogP contribution in [-0.2, 0) is 19.2 Å². The molecule has 4 amide bonds. The van der Waals surface area contributed by atoms with Crippen molar-refractivity contribution >= 4 is 64.0 Å². The average molecular weight is 763 g/mol. The Kier molecular flexibility index (Phi) is 8.29. The van der Waals surface area contributed by atoms with Gasteiger partial charge in [0.1, 0.15) is 5.69 Å². The number of hydrogen-bond acceptors (Lipinski definition) is 7. The molecule has 3 aromatic carbocycles. The molecule has 270 valence electrons. The van der Waals surface area contributed by atoms with E-state index in [0.29, 0.717) is 5.56 Å².